The van der Waals surface area contributed by atoms with Gasteiger partial charge in [0.25, 0.3) is 5.91 Å². The van der Waals surface area contributed by atoms with E-state index < -0.39 is 0 Å². The smallest absolute Gasteiger partial charge is 0.256 e. The highest BCUT2D eigenvalue weighted by Crippen LogP contribution is 2.36. The number of benzene rings is 1. The van der Waals surface area contributed by atoms with Crippen LogP contribution in [0.1, 0.15) is 53.3 Å². The first-order valence-electron chi connectivity index (χ1n) is 10.3. The van der Waals surface area contributed by atoms with Crippen LogP contribution in [0.4, 0.5) is 11.4 Å². The summed E-state index contributed by atoms with van der Waals surface area (Å²) in [6.07, 6.45) is 6.70. The maximum Gasteiger partial charge on any atom is 0.256 e. The van der Waals surface area contributed by atoms with Crippen LogP contribution in [0, 0.1) is 12.8 Å². The van der Waals surface area contributed by atoms with Crippen LogP contribution in [0.5, 0.6) is 0 Å². The van der Waals surface area contributed by atoms with E-state index in [4.69, 9.17) is 5.84 Å². The minimum absolute atomic E-state index is 0.0133. The lowest BCUT2D eigenvalue weighted by atomic mass is 9.92. The van der Waals surface area contributed by atoms with Crippen molar-refractivity contribution in [3.05, 3.63) is 41.5 Å². The molecule has 2 amide bonds. The van der Waals surface area contributed by atoms with Crippen LogP contribution in [-0.4, -0.2) is 41.2 Å². The lowest BCUT2D eigenvalue weighted by molar-refractivity contribution is -0.117. The number of amides is 2. The predicted molar refractivity (Wildman–Crippen MR) is 115 cm³/mol. The Labute approximate surface area is 175 Å². The molecule has 0 atom stereocenters. The molecule has 4 rings (SSSR count). The van der Waals surface area contributed by atoms with E-state index in [2.05, 4.69) is 37.5 Å². The fraction of sp³-hybridized carbons (Fsp3) is 0.429. The third-order valence-corrected chi connectivity index (χ3v) is 5.83. The number of hydrogen-bond donors (Lipinski definition) is 4. The molecule has 9 heteroatoms. The quantitative estimate of drug-likeness (QED) is 0.251. The van der Waals surface area contributed by atoms with Gasteiger partial charge in [0.1, 0.15) is 6.34 Å². The van der Waals surface area contributed by atoms with Crippen molar-refractivity contribution in [1.29, 1.82) is 0 Å². The highest BCUT2D eigenvalue weighted by atomic mass is 16.2. The Balaban J connectivity index is 1.53. The van der Waals surface area contributed by atoms with Crippen molar-refractivity contribution in [3.63, 3.8) is 0 Å². The van der Waals surface area contributed by atoms with Gasteiger partial charge in [-0.1, -0.05) is 0 Å². The Morgan fingerprint density at radius 3 is 2.67 bits per heavy atom. The average molecular weight is 409 g/mol. The van der Waals surface area contributed by atoms with Crippen LogP contribution in [0.15, 0.2) is 29.6 Å². The van der Waals surface area contributed by atoms with Crippen LogP contribution in [-0.2, 0) is 4.79 Å². The molecule has 1 aliphatic heterocycles. The van der Waals surface area contributed by atoms with E-state index >= 15 is 0 Å². The van der Waals surface area contributed by atoms with Gasteiger partial charge in [0, 0.05) is 36.2 Å². The van der Waals surface area contributed by atoms with Gasteiger partial charge < -0.3 is 26.4 Å². The van der Waals surface area contributed by atoms with Crippen molar-refractivity contribution < 1.29 is 9.59 Å². The van der Waals surface area contributed by atoms with Crippen molar-refractivity contribution in [2.24, 2.45) is 16.9 Å². The summed E-state index contributed by atoms with van der Waals surface area (Å²) in [5.41, 5.74) is 4.31. The van der Waals surface area contributed by atoms with Crippen LogP contribution >= 0.6 is 0 Å². The molecule has 0 radical (unpaired) electrons. The van der Waals surface area contributed by atoms with Crippen molar-refractivity contribution in [2.45, 2.75) is 38.5 Å². The highest BCUT2D eigenvalue weighted by molar-refractivity contribution is 6.04. The molecule has 2 heterocycles. The van der Waals surface area contributed by atoms with E-state index in [1.54, 1.807) is 18.5 Å². The number of nitrogens with zero attached hydrogens (tertiary/aromatic N) is 3. The zero-order chi connectivity index (χ0) is 21.1. The van der Waals surface area contributed by atoms with Crippen molar-refractivity contribution in [1.82, 2.24) is 15.3 Å². The van der Waals surface area contributed by atoms with Gasteiger partial charge in [-0.05, 0) is 50.8 Å². The number of aryl methyl sites for hydroxylation is 1. The molecule has 2 aliphatic rings. The largest absolute Gasteiger partial charge is 0.370 e. The number of aromatic nitrogens is 2. The first kappa shape index (κ1) is 19.9. The van der Waals surface area contributed by atoms with Gasteiger partial charge in [-0.25, -0.2) is 4.98 Å². The minimum Gasteiger partial charge on any atom is -0.370 e. The van der Waals surface area contributed by atoms with Gasteiger partial charge in [0.2, 0.25) is 5.91 Å². The Morgan fingerprint density at radius 1 is 1.27 bits per heavy atom. The summed E-state index contributed by atoms with van der Waals surface area (Å²) >= 11 is 0. The molecule has 1 saturated carbocycles. The summed E-state index contributed by atoms with van der Waals surface area (Å²) in [5, 5.41) is 8.82. The first-order valence-corrected chi connectivity index (χ1v) is 10.3. The van der Waals surface area contributed by atoms with Crippen LogP contribution in [0.2, 0.25) is 0 Å². The Morgan fingerprint density at radius 2 is 2.03 bits per heavy atom. The third kappa shape index (κ3) is 4.29. The molecule has 9 nitrogen and oxygen atoms in total. The second kappa shape index (κ2) is 8.56. The second-order valence-corrected chi connectivity index (χ2v) is 7.92. The molecule has 0 unspecified atom stereocenters. The molecule has 158 valence electrons. The maximum atomic E-state index is 12.4. The highest BCUT2D eigenvalue weighted by Gasteiger charge is 2.31. The molecular weight excluding hydrogens is 382 g/mol. The topological polar surface area (TPSA) is 128 Å². The Bertz CT molecular complexity index is 956. The lowest BCUT2D eigenvalue weighted by Crippen LogP contribution is -2.34. The molecule has 1 aromatic heterocycles. The van der Waals surface area contributed by atoms with Crippen molar-refractivity contribution >= 4 is 29.5 Å². The van der Waals surface area contributed by atoms with Crippen molar-refractivity contribution in [2.75, 3.05) is 23.3 Å². The van der Waals surface area contributed by atoms with E-state index in [-0.39, 0.29) is 17.7 Å². The molecule has 5 N–H and O–H groups in total. The van der Waals surface area contributed by atoms with Crippen LogP contribution in [0.3, 0.4) is 0 Å². The van der Waals surface area contributed by atoms with Crippen molar-refractivity contribution in [3.8, 4) is 0 Å². The number of carbonyl (C=O) groups excluding carboxylic acids is 2. The molecular formula is C21H27N7O2. The van der Waals surface area contributed by atoms with Crippen LogP contribution < -0.4 is 21.4 Å². The standard InChI is InChI=1S/C21H27N7O2/c1-13-19(24-11-23-13)14-6-8-28(9-7-14)18-5-4-16(20(29)25-12-26-22)10-17(18)27-21(30)15-2-3-15/h4-5,10-12,14-15H,2-3,6-9,22H2,1H3,(H,23,24)(H,27,30)(H,25,26,29). The monoisotopic (exact) mass is 409 g/mol. The van der Waals surface area contributed by atoms with E-state index in [0.717, 1.165) is 62.2 Å². The van der Waals surface area contributed by atoms with E-state index in [1.165, 1.54) is 0 Å². The second-order valence-electron chi connectivity index (χ2n) is 7.92. The number of nitrogens with one attached hydrogen (secondary N) is 3. The van der Waals surface area contributed by atoms with Gasteiger partial charge >= 0.3 is 0 Å². The summed E-state index contributed by atoms with van der Waals surface area (Å²) in [6, 6.07) is 5.38. The number of anilines is 2. The summed E-state index contributed by atoms with van der Waals surface area (Å²) in [7, 11) is 0. The minimum atomic E-state index is -0.328. The molecule has 1 aliphatic carbocycles. The first-order chi connectivity index (χ1) is 14.6. The number of nitrogens with two attached hydrogens (primary N) is 1. The number of imidazole rings is 1. The Kier molecular flexibility index (Phi) is 5.69. The zero-order valence-electron chi connectivity index (χ0n) is 17.0. The molecule has 0 spiro atoms. The summed E-state index contributed by atoms with van der Waals surface area (Å²) in [4.78, 5) is 34.6. The number of carbonyl (C=O) groups is 2. The maximum absolute atomic E-state index is 12.4. The van der Waals surface area contributed by atoms with E-state index in [1.807, 2.05) is 6.07 Å². The summed E-state index contributed by atoms with van der Waals surface area (Å²) in [6.45, 7) is 3.77. The molecule has 0 bridgehead atoms. The van der Waals surface area contributed by atoms with Gasteiger partial charge in [-0.15, -0.1) is 0 Å². The van der Waals surface area contributed by atoms with Gasteiger partial charge in [0.05, 0.1) is 23.4 Å². The summed E-state index contributed by atoms with van der Waals surface area (Å²) in [5.74, 6) is 5.24. The normalized spacial score (nSPS) is 17.3. The number of rotatable bonds is 6. The zero-order valence-corrected chi connectivity index (χ0v) is 17.0. The fourth-order valence-corrected chi connectivity index (χ4v) is 3.99. The number of aromatic amines is 1. The number of hydrogen-bond acceptors (Lipinski definition) is 6. The molecule has 1 aromatic carbocycles. The molecule has 2 aromatic rings. The SMILES string of the molecule is Cc1[nH]cnc1C1CCN(c2ccc(C(=O)NC=NN)cc2NC(=O)C2CC2)CC1. The van der Waals surface area contributed by atoms with Gasteiger partial charge in [-0.2, -0.15) is 5.10 Å². The Hall–Kier alpha value is -3.36. The number of H-pyrrole nitrogens is 1. The van der Waals surface area contributed by atoms with E-state index in [9.17, 15) is 9.59 Å². The van der Waals surface area contributed by atoms with Gasteiger partial charge in [0.15, 0.2) is 0 Å². The average Bonchev–Trinajstić information content (AvgIpc) is 3.53. The fourth-order valence-electron chi connectivity index (χ4n) is 3.99. The van der Waals surface area contributed by atoms with Crippen LogP contribution in [0.25, 0.3) is 0 Å². The predicted octanol–water partition coefficient (Wildman–Crippen LogP) is 2.08. The lowest BCUT2D eigenvalue weighted by Gasteiger charge is -2.34. The molecule has 30 heavy (non-hydrogen) atoms. The summed E-state index contributed by atoms with van der Waals surface area (Å²) < 4.78 is 0. The molecule has 1 saturated heterocycles. The number of piperidine rings is 1. The number of hydrazone groups is 1. The van der Waals surface area contributed by atoms with E-state index in [0.29, 0.717) is 17.2 Å². The molecule has 2 fully saturated rings. The third-order valence-electron chi connectivity index (χ3n) is 5.83. The van der Waals surface area contributed by atoms with Gasteiger partial charge in [-0.3, -0.25) is 9.59 Å².